The zero-order chi connectivity index (χ0) is 87.8. The van der Waals surface area contributed by atoms with Crippen LogP contribution in [0.15, 0.2) is 42.5 Å². The van der Waals surface area contributed by atoms with Crippen LogP contribution >= 0.6 is 0 Å². The zero-order valence-corrected chi connectivity index (χ0v) is 77.7. The van der Waals surface area contributed by atoms with Crippen molar-refractivity contribution in [1.82, 2.24) is 35.8 Å². The number of phenols is 1. The first kappa shape index (κ1) is 100. The van der Waals surface area contributed by atoms with Crippen molar-refractivity contribution in [3.05, 3.63) is 48.0 Å². The van der Waals surface area contributed by atoms with Crippen LogP contribution < -0.4 is 10.6 Å². The van der Waals surface area contributed by atoms with Gasteiger partial charge in [-0.3, -0.25) is 28.8 Å². The van der Waals surface area contributed by atoms with Gasteiger partial charge in [-0.05, 0) is 240 Å². The van der Waals surface area contributed by atoms with Crippen LogP contribution in [0, 0.1) is 34.5 Å². The summed E-state index contributed by atoms with van der Waals surface area (Å²) in [6.07, 6.45) is 25.6. The van der Waals surface area contributed by atoms with Crippen LogP contribution in [0.25, 0.3) is 16.7 Å². The Kier molecular flexibility index (Phi) is 35.4. The second-order valence-corrected chi connectivity index (χ2v) is 44.2. The number of hydroxylamine groups is 4. The molecule has 0 spiro atoms. The van der Waals surface area contributed by atoms with Crippen LogP contribution in [0.1, 0.15) is 384 Å². The molecule has 117 heavy (non-hydrogen) atoms. The number of phenolic OH excluding ortho intramolecular Hbond substituents is 1. The van der Waals surface area contributed by atoms with E-state index in [0.717, 1.165) is 151 Å². The molecule has 5 N–H and O–H groups in total. The summed E-state index contributed by atoms with van der Waals surface area (Å²) in [4.78, 5) is 75.9. The van der Waals surface area contributed by atoms with Gasteiger partial charge in [-0.25, -0.2) is 0 Å². The van der Waals surface area contributed by atoms with E-state index < -0.39 is 34.1 Å². The molecule has 4 saturated heterocycles. The molecule has 1 unspecified atom stereocenters. The molecule has 2 aromatic carbocycles. The lowest BCUT2D eigenvalue weighted by Crippen LogP contribution is -2.60. The molecule has 22 heteroatoms. The van der Waals surface area contributed by atoms with Crippen molar-refractivity contribution in [2.24, 2.45) is 27.6 Å². The topological polar surface area (TPSA) is 280 Å². The molecule has 2 aliphatic carbocycles. The quantitative estimate of drug-likeness (QED) is 0.0245. The Labute approximate surface area is 705 Å². The predicted octanol–water partition coefficient (Wildman–Crippen LogP) is 21.0. The Morgan fingerprint density at radius 2 is 0.675 bits per heavy atom. The Bertz CT molecular complexity index is 3450. The normalized spacial score (nSPS) is 22.8. The van der Waals surface area contributed by atoms with Gasteiger partial charge < -0.3 is 54.6 Å². The third-order valence-electron chi connectivity index (χ3n) is 24.3. The van der Waals surface area contributed by atoms with E-state index in [1.807, 2.05) is 98.7 Å². The largest absolute Gasteiger partial charge is 0.506 e. The third-order valence-corrected chi connectivity index (χ3v) is 24.3. The highest BCUT2D eigenvalue weighted by atomic mass is 16.6. The number of fused-ring (bicyclic) bond motifs is 1. The zero-order valence-electron chi connectivity index (χ0n) is 77.7. The van der Waals surface area contributed by atoms with E-state index in [-0.39, 0.29) is 129 Å². The van der Waals surface area contributed by atoms with Gasteiger partial charge >= 0.3 is 35.8 Å². The molecule has 0 radical (unpaired) electrons. The van der Waals surface area contributed by atoms with Gasteiger partial charge in [-0.1, -0.05) is 132 Å². The van der Waals surface area contributed by atoms with Crippen molar-refractivity contribution in [2.75, 3.05) is 0 Å². The summed E-state index contributed by atoms with van der Waals surface area (Å²) >= 11 is 0. The summed E-state index contributed by atoms with van der Waals surface area (Å²) in [5, 5.41) is 49.1. The second-order valence-electron chi connectivity index (χ2n) is 44.2. The van der Waals surface area contributed by atoms with Gasteiger partial charge in [-0.15, -0.1) is 15.0 Å². The first-order valence-electron chi connectivity index (χ1n) is 44.7. The number of carbonyl (C=O) groups is 6. The average molecular weight is 1640 g/mol. The van der Waals surface area contributed by atoms with E-state index in [1.54, 1.807) is 6.07 Å². The summed E-state index contributed by atoms with van der Waals surface area (Å²) in [6.45, 7) is 55.0. The Morgan fingerprint density at radius 1 is 0.393 bits per heavy atom. The van der Waals surface area contributed by atoms with Gasteiger partial charge in [-0.2, -0.15) is 10.1 Å². The number of hydrogen-bond donors (Lipinski definition) is 5. The Hall–Kier alpha value is -5.78. The molecule has 1 aromatic heterocycles. The standard InChI is InChI=1S/C31H57NO4.C29H53NO4.C22H40N2O6.C13H11N3O/c1-10-23(27(34)36-24-18-28(2,3)22-29(4,5)19-24)16-14-12-11-13-15-17-26(33)35-25-20-30(6,7)32-31(8,9)21-25;1-26(2)17-22(18-27(3,4)21-26)33-24(31)15-13-11-9-10-12-14-16-25(32)34-23-19-28(5,6)30-29(7,8)20-23;1-19(2)11-15(12-20(3,4)23(19)27)29-17(25)9-10-18(26)30-16-13-21(5,6)24(28)22(7,8)14-16;1-9-6-7-13(17)12(8-9)16-14-10-4-2-3-5-11(10)15-16/h23-25,32H,10-22H2,1-9H3;22-23,30H,9-21H2,1-8H3;15-16,27-28H,9-14H2,1-8H3;2-8,17H,1H3. The number of esters is 6. The number of piperidine rings is 4. The van der Waals surface area contributed by atoms with Crippen LogP contribution in [0.5, 0.6) is 5.75 Å². The Balaban J connectivity index is 0.000000248. The van der Waals surface area contributed by atoms with Crippen LogP contribution in [-0.2, 0) is 57.2 Å². The minimum Gasteiger partial charge on any atom is -0.506 e. The summed E-state index contributed by atoms with van der Waals surface area (Å²) < 4.78 is 34.7. The number of unbranched alkanes of at least 4 members (excludes halogenated alkanes) is 9. The molecule has 5 heterocycles. The molecule has 0 amide bonds. The van der Waals surface area contributed by atoms with E-state index in [2.05, 4.69) is 139 Å². The first-order chi connectivity index (χ1) is 53.8. The highest BCUT2D eigenvalue weighted by Gasteiger charge is 2.49. The van der Waals surface area contributed by atoms with Crippen molar-refractivity contribution in [3.8, 4) is 11.4 Å². The van der Waals surface area contributed by atoms with Crippen LogP contribution in [0.2, 0.25) is 0 Å². The fourth-order valence-electron chi connectivity index (χ4n) is 21.2. The van der Waals surface area contributed by atoms with E-state index in [0.29, 0.717) is 50.6 Å². The molecular formula is C95H161N7O15. The van der Waals surface area contributed by atoms with Gasteiger partial charge in [0.2, 0.25) is 0 Å². The lowest BCUT2D eigenvalue weighted by atomic mass is 9.64. The predicted molar refractivity (Wildman–Crippen MR) is 463 cm³/mol. The number of aromatic nitrogens is 3. The third kappa shape index (κ3) is 34.2. The number of nitrogens with one attached hydrogen (secondary N) is 2. The van der Waals surface area contributed by atoms with Crippen molar-refractivity contribution in [3.63, 3.8) is 0 Å². The summed E-state index contributed by atoms with van der Waals surface area (Å²) in [6, 6.07) is 13.0. The van der Waals surface area contributed by atoms with E-state index in [9.17, 15) is 44.3 Å². The smallest absolute Gasteiger partial charge is 0.309 e. The molecule has 3 aromatic rings. The lowest BCUT2D eigenvalue weighted by Gasteiger charge is -2.51. The number of ether oxygens (including phenoxy) is 6. The number of nitrogens with zero attached hydrogens (tertiary/aromatic N) is 5. The van der Waals surface area contributed by atoms with Gasteiger partial charge in [0, 0.05) is 115 Å². The molecule has 9 rings (SSSR count). The SMILES string of the molecule is CC1(C)CC(OC(=O)CCC(=O)OC2CC(C)(C)N(O)C(C)(C)C2)CC(C)(C)N1O.CC1(C)CC(OC(=O)CCCCCCCCC(=O)OC2CC(C)(C)NC(C)(C)C2)CC(C)(C)C1.CCC(CCCCCCCC(=O)OC1CC(C)(C)NC(C)(C)C1)C(=O)OC1CC(C)(C)CC(C)(C)C1.Cc1ccc(O)c(-n2nc3ccccc3n2)c1. The second kappa shape index (κ2) is 41.4. The summed E-state index contributed by atoms with van der Waals surface area (Å²) in [7, 11) is 0. The highest BCUT2D eigenvalue weighted by molar-refractivity contribution is 5.78. The minimum absolute atomic E-state index is 0.000220. The number of hydrogen-bond acceptors (Lipinski definition) is 21. The van der Waals surface area contributed by atoms with Crippen molar-refractivity contribution in [1.29, 1.82) is 0 Å². The van der Waals surface area contributed by atoms with Crippen LogP contribution in [0.3, 0.4) is 0 Å². The molecule has 1 atom stereocenters. The van der Waals surface area contributed by atoms with Gasteiger partial charge in [0.05, 0.1) is 18.8 Å². The number of benzene rings is 2. The molecule has 22 nitrogen and oxygen atoms in total. The van der Waals surface area contributed by atoms with Gasteiger partial charge in [0.25, 0.3) is 0 Å². The van der Waals surface area contributed by atoms with E-state index in [1.165, 1.54) is 27.8 Å². The molecule has 6 aliphatic rings. The molecule has 6 fully saturated rings. The lowest BCUT2D eigenvalue weighted by molar-refractivity contribution is -0.260. The molecule has 666 valence electrons. The van der Waals surface area contributed by atoms with E-state index in [4.69, 9.17) is 28.4 Å². The fourth-order valence-corrected chi connectivity index (χ4v) is 21.2. The average Bonchev–Trinajstić information content (AvgIpc) is 1.74. The molecule has 2 saturated carbocycles. The molecule has 4 aliphatic heterocycles. The Morgan fingerprint density at radius 3 is 1.00 bits per heavy atom. The van der Waals surface area contributed by atoms with Gasteiger partial charge in [0.1, 0.15) is 59.1 Å². The first-order valence-corrected chi connectivity index (χ1v) is 44.7. The van der Waals surface area contributed by atoms with Crippen LogP contribution in [-0.4, -0.2) is 157 Å². The summed E-state index contributed by atoms with van der Waals surface area (Å²) in [5.74, 6) is -0.829. The number of aryl methyl sites for hydroxylation is 1. The van der Waals surface area contributed by atoms with E-state index >= 15 is 0 Å². The molecular weight excluding hydrogens is 1480 g/mol. The van der Waals surface area contributed by atoms with Crippen LogP contribution in [0.4, 0.5) is 0 Å². The summed E-state index contributed by atoms with van der Waals surface area (Å²) in [5.41, 5.74) is 2.12. The molecule has 0 bridgehead atoms. The number of aromatic hydroxyl groups is 1. The maximum absolute atomic E-state index is 12.9. The van der Waals surface area contributed by atoms with Crippen molar-refractivity contribution >= 4 is 46.8 Å². The minimum atomic E-state index is -0.507. The number of rotatable bonds is 29. The fraction of sp³-hybridized carbons (Fsp3) is 0.811. The highest BCUT2D eigenvalue weighted by Crippen LogP contribution is 2.49. The van der Waals surface area contributed by atoms with Crippen molar-refractivity contribution in [2.45, 2.75) is 466 Å². The monoisotopic (exact) mass is 1640 g/mol. The maximum Gasteiger partial charge on any atom is 0.309 e. The number of carbonyl (C=O) groups excluding carboxylic acids is 6. The van der Waals surface area contributed by atoms with Gasteiger partial charge in [0.15, 0.2) is 0 Å². The van der Waals surface area contributed by atoms with Crippen molar-refractivity contribution < 1.29 is 72.7 Å². The maximum atomic E-state index is 12.9.